The largest absolute Gasteiger partial charge is 0.496 e. The van der Waals surface area contributed by atoms with Crippen molar-refractivity contribution >= 4 is 25.6 Å². The van der Waals surface area contributed by atoms with Gasteiger partial charge in [-0.2, -0.15) is 0 Å². The number of nitrogens with one attached hydrogen (secondary N) is 1. The third-order valence-corrected chi connectivity index (χ3v) is 3.84. The van der Waals surface area contributed by atoms with Gasteiger partial charge >= 0.3 is 0 Å². The van der Waals surface area contributed by atoms with Gasteiger partial charge in [0.15, 0.2) is 0 Å². The fourth-order valence-electron chi connectivity index (χ4n) is 1.55. The zero-order valence-corrected chi connectivity index (χ0v) is 12.3. The maximum Gasteiger partial charge on any atom is 0.261 e. The van der Waals surface area contributed by atoms with Crippen LogP contribution in [0.4, 0.5) is 0 Å². The summed E-state index contributed by atoms with van der Waals surface area (Å²) in [7, 11) is 2.96. The molecule has 0 aromatic heterocycles. The van der Waals surface area contributed by atoms with Crippen molar-refractivity contribution in [3.8, 4) is 5.75 Å². The Morgan fingerprint density at radius 1 is 1.42 bits per heavy atom. The van der Waals surface area contributed by atoms with Gasteiger partial charge in [0, 0.05) is 29.2 Å². The van der Waals surface area contributed by atoms with Crippen molar-refractivity contribution in [3.05, 3.63) is 23.8 Å². The Morgan fingerprint density at radius 3 is 2.63 bits per heavy atom. The monoisotopic (exact) mass is 305 g/mol. The highest BCUT2D eigenvalue weighted by Crippen LogP contribution is 2.24. The van der Waals surface area contributed by atoms with E-state index in [1.807, 2.05) is 6.92 Å². The number of carbonyl (C=O) groups is 1. The lowest BCUT2D eigenvalue weighted by molar-refractivity contribution is -0.121. The lowest BCUT2D eigenvalue weighted by atomic mass is 10.2. The summed E-state index contributed by atoms with van der Waals surface area (Å²) in [4.78, 5) is 11.4. The van der Waals surface area contributed by atoms with Gasteiger partial charge in [0.2, 0.25) is 5.91 Å². The van der Waals surface area contributed by atoms with Gasteiger partial charge in [-0.3, -0.25) is 4.79 Å². The van der Waals surface area contributed by atoms with Crippen LogP contribution in [0.15, 0.2) is 23.1 Å². The summed E-state index contributed by atoms with van der Waals surface area (Å²) in [5.41, 5.74) is 0.564. The summed E-state index contributed by atoms with van der Waals surface area (Å²) in [5, 5.41) is 2.70. The molecule has 0 saturated heterocycles. The molecule has 0 aliphatic heterocycles. The van der Waals surface area contributed by atoms with Crippen LogP contribution < -0.4 is 10.1 Å². The first kappa shape index (κ1) is 15.8. The van der Waals surface area contributed by atoms with E-state index < -0.39 is 9.05 Å². The summed E-state index contributed by atoms with van der Waals surface area (Å²) >= 11 is 0. The molecule has 106 valence electrons. The molecule has 1 aromatic rings. The number of hydrogen-bond donors (Lipinski definition) is 1. The van der Waals surface area contributed by atoms with Crippen molar-refractivity contribution in [3.63, 3.8) is 0 Å². The van der Waals surface area contributed by atoms with Crippen molar-refractivity contribution in [2.24, 2.45) is 0 Å². The second kappa shape index (κ2) is 6.77. The first-order valence-electron chi connectivity index (χ1n) is 5.76. The molecule has 7 heteroatoms. The minimum atomic E-state index is -3.80. The summed E-state index contributed by atoms with van der Waals surface area (Å²) in [5.74, 6) is 0.407. The van der Waals surface area contributed by atoms with Crippen LogP contribution in [-0.4, -0.2) is 21.4 Å². The molecule has 1 rings (SSSR count). The molecule has 0 fully saturated rings. The maximum absolute atomic E-state index is 11.4. The smallest absolute Gasteiger partial charge is 0.261 e. The molecule has 1 amide bonds. The lowest BCUT2D eigenvalue weighted by Gasteiger charge is -2.10. The van der Waals surface area contributed by atoms with E-state index in [2.05, 4.69) is 5.32 Å². The quantitative estimate of drug-likeness (QED) is 0.816. The first-order valence-corrected chi connectivity index (χ1v) is 8.07. The van der Waals surface area contributed by atoms with Crippen LogP contribution >= 0.6 is 10.7 Å². The minimum absolute atomic E-state index is 0.0188. The van der Waals surface area contributed by atoms with Gasteiger partial charge in [-0.1, -0.05) is 6.92 Å². The Hall–Kier alpha value is -1.27. The zero-order valence-electron chi connectivity index (χ0n) is 10.8. The topological polar surface area (TPSA) is 72.5 Å². The highest BCUT2D eigenvalue weighted by molar-refractivity contribution is 8.13. The van der Waals surface area contributed by atoms with Crippen LogP contribution in [0.5, 0.6) is 5.75 Å². The van der Waals surface area contributed by atoms with Crippen molar-refractivity contribution in [1.82, 2.24) is 5.32 Å². The number of benzene rings is 1. The predicted molar refractivity (Wildman–Crippen MR) is 72.8 cm³/mol. The van der Waals surface area contributed by atoms with Crippen molar-refractivity contribution in [2.75, 3.05) is 7.11 Å². The predicted octanol–water partition coefficient (Wildman–Crippen LogP) is 2.04. The number of ether oxygens (including phenoxy) is 1. The highest BCUT2D eigenvalue weighted by Gasteiger charge is 2.13. The van der Waals surface area contributed by atoms with Crippen LogP contribution in [0.25, 0.3) is 0 Å². The molecule has 0 radical (unpaired) electrons. The molecule has 0 spiro atoms. The molecule has 0 bridgehead atoms. The van der Waals surface area contributed by atoms with Crippen LogP contribution in [0.1, 0.15) is 25.3 Å². The van der Waals surface area contributed by atoms with Gasteiger partial charge in [-0.25, -0.2) is 8.42 Å². The van der Waals surface area contributed by atoms with Gasteiger partial charge in [0.05, 0.1) is 12.0 Å². The Labute approximate surface area is 117 Å². The summed E-state index contributed by atoms with van der Waals surface area (Å²) in [6.45, 7) is 2.10. The van der Waals surface area contributed by atoms with Crippen molar-refractivity contribution in [2.45, 2.75) is 31.2 Å². The van der Waals surface area contributed by atoms with E-state index in [0.717, 1.165) is 6.42 Å². The van der Waals surface area contributed by atoms with E-state index in [0.29, 0.717) is 17.7 Å². The van der Waals surface area contributed by atoms with Gasteiger partial charge in [-0.15, -0.1) is 0 Å². The van der Waals surface area contributed by atoms with E-state index in [-0.39, 0.29) is 17.3 Å². The molecule has 19 heavy (non-hydrogen) atoms. The van der Waals surface area contributed by atoms with Crippen LogP contribution in [0, 0.1) is 0 Å². The molecule has 0 heterocycles. The third-order valence-electron chi connectivity index (χ3n) is 2.49. The van der Waals surface area contributed by atoms with Crippen LogP contribution in [-0.2, 0) is 20.4 Å². The number of amides is 1. The average molecular weight is 306 g/mol. The SMILES string of the molecule is CCCC(=O)NCc1cc(S(=O)(=O)Cl)ccc1OC. The summed E-state index contributed by atoms with van der Waals surface area (Å²) < 4.78 is 27.6. The Kier molecular flexibility index (Phi) is 5.62. The fourth-order valence-corrected chi connectivity index (χ4v) is 2.36. The minimum Gasteiger partial charge on any atom is -0.496 e. The van der Waals surface area contributed by atoms with E-state index in [1.165, 1.54) is 25.3 Å². The molecule has 1 N–H and O–H groups in total. The number of hydrogen-bond acceptors (Lipinski definition) is 4. The molecule has 0 aliphatic carbocycles. The lowest BCUT2D eigenvalue weighted by Crippen LogP contribution is -2.22. The third kappa shape index (κ3) is 4.72. The standard InChI is InChI=1S/C12H16ClNO4S/c1-3-4-12(15)14-8-9-7-10(19(13,16)17)5-6-11(9)18-2/h5-7H,3-4,8H2,1-2H3,(H,14,15). The normalized spacial score (nSPS) is 11.1. The van der Waals surface area contributed by atoms with E-state index >= 15 is 0 Å². The number of carbonyl (C=O) groups excluding carboxylic acids is 1. The maximum atomic E-state index is 11.4. The fraction of sp³-hybridized carbons (Fsp3) is 0.417. The van der Waals surface area contributed by atoms with Crippen LogP contribution in [0.2, 0.25) is 0 Å². The molecule has 0 unspecified atom stereocenters. The van der Waals surface area contributed by atoms with Gasteiger partial charge in [0.1, 0.15) is 5.75 Å². The zero-order chi connectivity index (χ0) is 14.5. The number of halogens is 1. The highest BCUT2D eigenvalue weighted by atomic mass is 35.7. The molecular weight excluding hydrogens is 290 g/mol. The number of rotatable bonds is 6. The van der Waals surface area contributed by atoms with E-state index in [4.69, 9.17) is 15.4 Å². The average Bonchev–Trinajstić information content (AvgIpc) is 2.35. The Morgan fingerprint density at radius 2 is 2.11 bits per heavy atom. The number of methoxy groups -OCH3 is 1. The van der Waals surface area contributed by atoms with E-state index in [1.54, 1.807) is 0 Å². The van der Waals surface area contributed by atoms with Crippen LogP contribution in [0.3, 0.4) is 0 Å². The second-order valence-corrected chi connectivity index (χ2v) is 6.50. The van der Waals surface area contributed by atoms with E-state index in [9.17, 15) is 13.2 Å². The molecule has 0 saturated carbocycles. The Balaban J connectivity index is 2.94. The van der Waals surface area contributed by atoms with Crippen molar-refractivity contribution in [1.29, 1.82) is 0 Å². The van der Waals surface area contributed by atoms with Crippen molar-refractivity contribution < 1.29 is 17.9 Å². The van der Waals surface area contributed by atoms with Gasteiger partial charge in [-0.05, 0) is 24.6 Å². The summed E-state index contributed by atoms with van der Waals surface area (Å²) in [6, 6.07) is 4.27. The molecule has 0 atom stereocenters. The second-order valence-electron chi connectivity index (χ2n) is 3.94. The molecule has 5 nitrogen and oxygen atoms in total. The molecular formula is C12H16ClNO4S. The molecule has 1 aromatic carbocycles. The first-order chi connectivity index (χ1) is 8.88. The van der Waals surface area contributed by atoms with Gasteiger partial charge < -0.3 is 10.1 Å². The molecule has 0 aliphatic rings. The summed E-state index contributed by atoms with van der Waals surface area (Å²) in [6.07, 6.45) is 1.18. The Bertz CT molecular complexity index is 557. The van der Waals surface area contributed by atoms with Gasteiger partial charge in [0.25, 0.3) is 9.05 Å².